The Labute approximate surface area is 87.6 Å². The van der Waals surface area contributed by atoms with Crippen molar-refractivity contribution in [2.24, 2.45) is 10.9 Å². The number of aryl methyl sites for hydroxylation is 1. The number of carbonyl (C=O) groups excluding carboxylic acids is 1. The van der Waals surface area contributed by atoms with E-state index in [-0.39, 0.29) is 18.2 Å². The van der Waals surface area contributed by atoms with E-state index in [0.717, 1.165) is 5.56 Å². The number of nitrogens with zero attached hydrogens (tertiary/aromatic N) is 1. The fourth-order valence-corrected chi connectivity index (χ4v) is 1.13. The standard InChI is InChI=1S/C10H13N3O2/c1-7-3-2-4-8(5-7)12-10(14)6-9(11)13-15/h2-5,15H,6H2,1H3,(H2,11,13)(H,12,14). The van der Waals surface area contributed by atoms with Crippen molar-refractivity contribution in [3.05, 3.63) is 29.8 Å². The fourth-order valence-electron chi connectivity index (χ4n) is 1.13. The van der Waals surface area contributed by atoms with Gasteiger partial charge < -0.3 is 16.3 Å². The second kappa shape index (κ2) is 4.99. The van der Waals surface area contributed by atoms with Gasteiger partial charge in [-0.1, -0.05) is 17.3 Å². The van der Waals surface area contributed by atoms with Crippen LogP contribution in [0.25, 0.3) is 0 Å². The minimum Gasteiger partial charge on any atom is -0.409 e. The number of hydrogen-bond donors (Lipinski definition) is 3. The van der Waals surface area contributed by atoms with E-state index in [4.69, 9.17) is 10.9 Å². The topological polar surface area (TPSA) is 87.7 Å². The van der Waals surface area contributed by atoms with Gasteiger partial charge in [-0.05, 0) is 24.6 Å². The highest BCUT2D eigenvalue weighted by Gasteiger charge is 2.04. The van der Waals surface area contributed by atoms with Gasteiger partial charge in [-0.3, -0.25) is 4.79 Å². The number of benzene rings is 1. The summed E-state index contributed by atoms with van der Waals surface area (Å²) in [6, 6.07) is 7.38. The van der Waals surface area contributed by atoms with Crippen molar-refractivity contribution < 1.29 is 10.0 Å². The number of oxime groups is 1. The van der Waals surface area contributed by atoms with Crippen LogP contribution in [0.4, 0.5) is 5.69 Å². The third kappa shape index (κ3) is 3.68. The summed E-state index contributed by atoms with van der Waals surface area (Å²) in [5.41, 5.74) is 6.95. The molecule has 0 aromatic heterocycles. The molecule has 0 aliphatic rings. The molecule has 0 spiro atoms. The molecule has 0 saturated carbocycles. The van der Waals surface area contributed by atoms with Gasteiger partial charge in [0.1, 0.15) is 5.84 Å². The molecule has 1 rings (SSSR count). The van der Waals surface area contributed by atoms with E-state index in [0.29, 0.717) is 5.69 Å². The van der Waals surface area contributed by atoms with Gasteiger partial charge in [0.2, 0.25) is 5.91 Å². The summed E-state index contributed by atoms with van der Waals surface area (Å²) in [5.74, 6) is -0.420. The molecule has 4 N–H and O–H groups in total. The van der Waals surface area contributed by atoms with Crippen LogP contribution in [0.2, 0.25) is 0 Å². The second-order valence-electron chi connectivity index (χ2n) is 3.19. The Kier molecular flexibility index (Phi) is 3.68. The SMILES string of the molecule is Cc1cccc(NC(=O)CC(N)=NO)c1. The van der Waals surface area contributed by atoms with Gasteiger partial charge in [-0.2, -0.15) is 0 Å². The number of amides is 1. The van der Waals surface area contributed by atoms with Crippen molar-refractivity contribution in [3.8, 4) is 0 Å². The first kappa shape index (κ1) is 11.0. The third-order valence-corrected chi connectivity index (χ3v) is 1.77. The van der Waals surface area contributed by atoms with Crippen LogP contribution in [0.3, 0.4) is 0 Å². The maximum Gasteiger partial charge on any atom is 0.232 e. The molecule has 0 unspecified atom stereocenters. The molecule has 1 aromatic carbocycles. The van der Waals surface area contributed by atoms with E-state index in [1.54, 1.807) is 6.07 Å². The van der Waals surface area contributed by atoms with Crippen molar-refractivity contribution >= 4 is 17.4 Å². The molecule has 80 valence electrons. The molecule has 0 radical (unpaired) electrons. The average Bonchev–Trinajstić information content (AvgIpc) is 2.17. The van der Waals surface area contributed by atoms with Crippen LogP contribution in [0.1, 0.15) is 12.0 Å². The van der Waals surface area contributed by atoms with Crippen LogP contribution in [-0.4, -0.2) is 17.0 Å². The molecule has 0 fully saturated rings. The van der Waals surface area contributed by atoms with Crippen LogP contribution >= 0.6 is 0 Å². The predicted octanol–water partition coefficient (Wildman–Crippen LogP) is 1.07. The van der Waals surface area contributed by atoms with Gasteiger partial charge in [-0.15, -0.1) is 0 Å². The third-order valence-electron chi connectivity index (χ3n) is 1.77. The van der Waals surface area contributed by atoms with E-state index in [1.807, 2.05) is 25.1 Å². The lowest BCUT2D eigenvalue weighted by Crippen LogP contribution is -2.21. The maximum absolute atomic E-state index is 11.3. The van der Waals surface area contributed by atoms with Crippen LogP contribution in [0.5, 0.6) is 0 Å². The molecule has 1 aromatic rings. The Morgan fingerprint density at radius 3 is 2.93 bits per heavy atom. The quantitative estimate of drug-likeness (QED) is 0.300. The molecule has 0 aliphatic heterocycles. The highest BCUT2D eigenvalue weighted by Crippen LogP contribution is 2.09. The number of anilines is 1. The van der Waals surface area contributed by atoms with Crippen molar-refractivity contribution in [2.45, 2.75) is 13.3 Å². The monoisotopic (exact) mass is 207 g/mol. The van der Waals surface area contributed by atoms with Crippen molar-refractivity contribution in [1.82, 2.24) is 0 Å². The van der Waals surface area contributed by atoms with Crippen LogP contribution in [-0.2, 0) is 4.79 Å². The van der Waals surface area contributed by atoms with E-state index in [2.05, 4.69) is 10.5 Å². The maximum atomic E-state index is 11.3. The lowest BCUT2D eigenvalue weighted by Gasteiger charge is -2.04. The first-order valence-corrected chi connectivity index (χ1v) is 4.44. The summed E-state index contributed by atoms with van der Waals surface area (Å²) >= 11 is 0. The van der Waals surface area contributed by atoms with Crippen molar-refractivity contribution in [3.63, 3.8) is 0 Å². The Balaban J connectivity index is 2.59. The molecular formula is C10H13N3O2. The van der Waals surface area contributed by atoms with E-state index in [9.17, 15) is 4.79 Å². The van der Waals surface area contributed by atoms with Gasteiger partial charge in [0, 0.05) is 5.69 Å². The fraction of sp³-hybridized carbons (Fsp3) is 0.200. The molecule has 0 aliphatic carbocycles. The highest BCUT2D eigenvalue weighted by molar-refractivity contribution is 6.04. The van der Waals surface area contributed by atoms with Gasteiger partial charge >= 0.3 is 0 Å². The smallest absolute Gasteiger partial charge is 0.232 e. The average molecular weight is 207 g/mol. The lowest BCUT2D eigenvalue weighted by molar-refractivity contribution is -0.115. The Bertz CT molecular complexity index is 388. The minimum absolute atomic E-state index is 0.111. The van der Waals surface area contributed by atoms with E-state index >= 15 is 0 Å². The molecule has 0 saturated heterocycles. The molecule has 0 heterocycles. The zero-order valence-corrected chi connectivity index (χ0v) is 8.40. The Morgan fingerprint density at radius 1 is 1.60 bits per heavy atom. The first-order chi connectivity index (χ1) is 7.11. The zero-order chi connectivity index (χ0) is 11.3. The number of nitrogens with two attached hydrogens (primary N) is 1. The normalized spacial score (nSPS) is 11.1. The van der Waals surface area contributed by atoms with Gasteiger partial charge in [-0.25, -0.2) is 0 Å². The molecule has 0 bridgehead atoms. The molecule has 1 amide bonds. The van der Waals surface area contributed by atoms with E-state index in [1.165, 1.54) is 0 Å². The number of carbonyl (C=O) groups is 1. The van der Waals surface area contributed by atoms with Crippen LogP contribution < -0.4 is 11.1 Å². The number of nitrogens with one attached hydrogen (secondary N) is 1. The number of rotatable bonds is 3. The van der Waals surface area contributed by atoms with Crippen LogP contribution in [0, 0.1) is 6.92 Å². The predicted molar refractivity (Wildman–Crippen MR) is 57.8 cm³/mol. The summed E-state index contributed by atoms with van der Waals surface area (Å²) in [6.07, 6.45) is -0.121. The van der Waals surface area contributed by atoms with Gasteiger partial charge in [0.15, 0.2) is 0 Å². The summed E-state index contributed by atoms with van der Waals surface area (Å²) in [5, 5.41) is 13.6. The zero-order valence-electron chi connectivity index (χ0n) is 8.40. The molecule has 0 atom stereocenters. The highest BCUT2D eigenvalue weighted by atomic mass is 16.4. The lowest BCUT2D eigenvalue weighted by atomic mass is 10.2. The van der Waals surface area contributed by atoms with Crippen molar-refractivity contribution in [2.75, 3.05) is 5.32 Å². The number of hydrogen-bond acceptors (Lipinski definition) is 3. The molecule has 5 nitrogen and oxygen atoms in total. The Hall–Kier alpha value is -2.04. The van der Waals surface area contributed by atoms with Crippen LogP contribution in [0.15, 0.2) is 29.4 Å². The summed E-state index contributed by atoms with van der Waals surface area (Å²) in [7, 11) is 0. The van der Waals surface area contributed by atoms with Gasteiger partial charge in [0.25, 0.3) is 0 Å². The largest absolute Gasteiger partial charge is 0.409 e. The minimum atomic E-state index is -0.309. The first-order valence-electron chi connectivity index (χ1n) is 4.44. The molecule has 5 heteroatoms. The molecular weight excluding hydrogens is 194 g/mol. The van der Waals surface area contributed by atoms with E-state index < -0.39 is 0 Å². The molecule has 15 heavy (non-hydrogen) atoms. The number of amidine groups is 1. The van der Waals surface area contributed by atoms with Crippen molar-refractivity contribution in [1.29, 1.82) is 0 Å². The Morgan fingerprint density at radius 2 is 2.33 bits per heavy atom. The van der Waals surface area contributed by atoms with Gasteiger partial charge in [0.05, 0.1) is 6.42 Å². The summed E-state index contributed by atoms with van der Waals surface area (Å²) in [4.78, 5) is 11.3. The second-order valence-corrected chi connectivity index (χ2v) is 3.19. The summed E-state index contributed by atoms with van der Waals surface area (Å²) < 4.78 is 0. The summed E-state index contributed by atoms with van der Waals surface area (Å²) in [6.45, 7) is 1.93.